The van der Waals surface area contributed by atoms with Gasteiger partial charge < -0.3 is 14.8 Å². The van der Waals surface area contributed by atoms with E-state index in [1.54, 1.807) is 0 Å². The third-order valence-electron chi connectivity index (χ3n) is 7.07. The molecule has 5 heterocycles. The lowest BCUT2D eigenvalue weighted by Crippen LogP contribution is -2.53. The molecule has 4 saturated heterocycles. The van der Waals surface area contributed by atoms with Gasteiger partial charge in [-0.15, -0.1) is 0 Å². The minimum Gasteiger partial charge on any atom is -0.375 e. The van der Waals surface area contributed by atoms with Gasteiger partial charge in [0.2, 0.25) is 5.91 Å². The number of carbonyl (C=O) groups excluding carboxylic acids is 2. The van der Waals surface area contributed by atoms with Crippen molar-refractivity contribution in [2.45, 2.75) is 68.8 Å². The van der Waals surface area contributed by atoms with Gasteiger partial charge in [-0.2, -0.15) is 4.36 Å². The van der Waals surface area contributed by atoms with Crippen molar-refractivity contribution >= 4 is 21.5 Å². The van der Waals surface area contributed by atoms with E-state index in [-0.39, 0.29) is 35.8 Å². The summed E-state index contributed by atoms with van der Waals surface area (Å²) in [4.78, 5) is 32.9. The number of nitrogens with zero attached hydrogens (tertiary/aromatic N) is 3. The molecule has 4 aliphatic heterocycles. The van der Waals surface area contributed by atoms with E-state index in [4.69, 9.17) is 9.47 Å². The summed E-state index contributed by atoms with van der Waals surface area (Å²) in [6.07, 6.45) is 10.0. The van der Waals surface area contributed by atoms with Gasteiger partial charge >= 0.3 is 5.91 Å². The maximum absolute atomic E-state index is 13.1. The SMILES string of the molecule is O=C(N=S1(=O)CCC2(CC1)CC(NC(=O)[C@@H]1C[C@H]3CC[C@@H]1O3)CCO2)c1cnccn1. The average Bonchev–Trinajstić information content (AvgIpc) is 3.41. The molecule has 168 valence electrons. The zero-order chi connectivity index (χ0) is 21.5. The highest BCUT2D eigenvalue weighted by Crippen LogP contribution is 2.40. The molecule has 0 saturated carbocycles. The van der Waals surface area contributed by atoms with Crippen molar-refractivity contribution in [3.05, 3.63) is 24.3 Å². The van der Waals surface area contributed by atoms with Crippen LogP contribution in [0.3, 0.4) is 0 Å². The molecule has 4 atom stereocenters. The van der Waals surface area contributed by atoms with Crippen LogP contribution >= 0.6 is 0 Å². The average molecular weight is 449 g/mol. The number of nitrogens with one attached hydrogen (secondary N) is 1. The van der Waals surface area contributed by atoms with Crippen LogP contribution in [0.2, 0.25) is 0 Å². The van der Waals surface area contributed by atoms with Crippen LogP contribution in [0, 0.1) is 5.92 Å². The van der Waals surface area contributed by atoms with E-state index in [0.717, 1.165) is 25.7 Å². The minimum absolute atomic E-state index is 0.0338. The van der Waals surface area contributed by atoms with Crippen LogP contribution in [0.1, 0.15) is 55.4 Å². The van der Waals surface area contributed by atoms with Crippen molar-refractivity contribution in [3.8, 4) is 0 Å². The van der Waals surface area contributed by atoms with Crippen LogP contribution in [-0.2, 0) is 24.0 Å². The molecule has 4 fully saturated rings. The largest absolute Gasteiger partial charge is 0.375 e. The summed E-state index contributed by atoms with van der Waals surface area (Å²) in [7, 11) is -2.65. The van der Waals surface area contributed by atoms with Crippen LogP contribution in [0.4, 0.5) is 0 Å². The Morgan fingerprint density at radius 3 is 2.71 bits per heavy atom. The van der Waals surface area contributed by atoms with Gasteiger partial charge in [0.25, 0.3) is 0 Å². The highest BCUT2D eigenvalue weighted by atomic mass is 32.2. The molecule has 10 heteroatoms. The van der Waals surface area contributed by atoms with Crippen molar-refractivity contribution in [3.63, 3.8) is 0 Å². The van der Waals surface area contributed by atoms with Crippen LogP contribution < -0.4 is 5.32 Å². The molecule has 0 aliphatic carbocycles. The minimum atomic E-state index is -2.65. The maximum Gasteiger partial charge on any atom is 0.305 e. The van der Waals surface area contributed by atoms with E-state index in [9.17, 15) is 13.8 Å². The number of ether oxygens (including phenoxy) is 2. The normalized spacial score (nSPS) is 39.4. The molecule has 1 N–H and O–H groups in total. The van der Waals surface area contributed by atoms with Crippen molar-refractivity contribution < 1.29 is 23.3 Å². The predicted octanol–water partition coefficient (Wildman–Crippen LogP) is 1.48. The number of rotatable bonds is 3. The van der Waals surface area contributed by atoms with Gasteiger partial charge in [-0.05, 0) is 44.9 Å². The van der Waals surface area contributed by atoms with Crippen LogP contribution in [0.5, 0.6) is 0 Å². The van der Waals surface area contributed by atoms with Crippen LogP contribution in [-0.4, -0.2) is 68.0 Å². The fourth-order valence-electron chi connectivity index (χ4n) is 5.34. The number of hydrogen-bond acceptors (Lipinski definition) is 7. The molecule has 2 amide bonds. The first-order valence-electron chi connectivity index (χ1n) is 11.1. The summed E-state index contributed by atoms with van der Waals surface area (Å²) in [5.41, 5.74) is -0.306. The third kappa shape index (κ3) is 4.38. The van der Waals surface area contributed by atoms with E-state index >= 15 is 0 Å². The van der Waals surface area contributed by atoms with Crippen molar-refractivity contribution in [1.82, 2.24) is 15.3 Å². The third-order valence-corrected chi connectivity index (χ3v) is 9.25. The molecule has 1 unspecified atom stereocenters. The van der Waals surface area contributed by atoms with Gasteiger partial charge in [-0.25, -0.2) is 9.19 Å². The number of carbonyl (C=O) groups is 2. The molecule has 0 aromatic carbocycles. The molecule has 1 aromatic rings. The van der Waals surface area contributed by atoms with Gasteiger partial charge in [-0.1, -0.05) is 0 Å². The summed E-state index contributed by atoms with van der Waals surface area (Å²) in [6, 6.07) is 0.0488. The maximum atomic E-state index is 13.1. The molecular weight excluding hydrogens is 420 g/mol. The van der Waals surface area contributed by atoms with Gasteiger partial charge in [0.1, 0.15) is 5.69 Å². The first-order chi connectivity index (χ1) is 14.9. The zero-order valence-electron chi connectivity index (χ0n) is 17.4. The fourth-order valence-corrected chi connectivity index (χ4v) is 7.50. The number of aromatic nitrogens is 2. The van der Waals surface area contributed by atoms with Crippen molar-refractivity contribution in [2.75, 3.05) is 18.1 Å². The second kappa shape index (κ2) is 8.22. The molecule has 5 rings (SSSR count). The van der Waals surface area contributed by atoms with E-state index in [1.165, 1.54) is 18.6 Å². The Labute approximate surface area is 181 Å². The summed E-state index contributed by atoms with van der Waals surface area (Å²) in [6.45, 7) is 0.565. The smallest absolute Gasteiger partial charge is 0.305 e. The Balaban J connectivity index is 1.20. The highest BCUT2D eigenvalue weighted by Gasteiger charge is 2.46. The van der Waals surface area contributed by atoms with E-state index in [1.807, 2.05) is 0 Å². The van der Waals surface area contributed by atoms with Gasteiger partial charge in [0.15, 0.2) is 0 Å². The second-order valence-corrected chi connectivity index (χ2v) is 11.7. The summed E-state index contributed by atoms with van der Waals surface area (Å²) in [5.74, 6) is 0.0866. The lowest BCUT2D eigenvalue weighted by molar-refractivity contribution is -0.131. The summed E-state index contributed by atoms with van der Waals surface area (Å²) in [5, 5.41) is 3.23. The molecule has 4 aliphatic rings. The first kappa shape index (κ1) is 21.0. The van der Waals surface area contributed by atoms with Gasteiger partial charge in [0.05, 0.1) is 39.7 Å². The summed E-state index contributed by atoms with van der Waals surface area (Å²) >= 11 is 0. The van der Waals surface area contributed by atoms with E-state index < -0.39 is 21.2 Å². The standard InChI is InChI=1S/C21H28N4O5S/c26-19(16-11-15-1-2-18(16)30-15)24-14-3-8-29-21(12-14)4-9-31(28,10-5-21)25-20(27)17-13-22-6-7-23-17/h6-7,13-16,18H,1-5,8-12H2,(H,24,26)/t14?,15-,16-,18+,21?,31?/m1/s1. The van der Waals surface area contributed by atoms with E-state index in [0.29, 0.717) is 37.4 Å². The fraction of sp³-hybridized carbons (Fsp3) is 0.714. The van der Waals surface area contributed by atoms with Gasteiger partial charge in [-0.3, -0.25) is 14.6 Å². The zero-order valence-corrected chi connectivity index (χ0v) is 18.2. The molecular formula is C21H28N4O5S. The Kier molecular flexibility index (Phi) is 5.56. The summed E-state index contributed by atoms with van der Waals surface area (Å²) < 4.78 is 29.1. The number of hydrogen-bond donors (Lipinski definition) is 1. The number of amides is 2. The highest BCUT2D eigenvalue weighted by molar-refractivity contribution is 7.93. The molecule has 0 radical (unpaired) electrons. The van der Waals surface area contributed by atoms with E-state index in [2.05, 4.69) is 19.6 Å². The Bertz CT molecular complexity index is 963. The topological polar surface area (TPSA) is 120 Å². The molecule has 2 bridgehead atoms. The van der Waals surface area contributed by atoms with Crippen molar-refractivity contribution in [1.29, 1.82) is 0 Å². The lowest BCUT2D eigenvalue weighted by atomic mass is 9.84. The molecule has 1 spiro atoms. The van der Waals surface area contributed by atoms with Gasteiger partial charge in [0, 0.05) is 36.5 Å². The van der Waals surface area contributed by atoms with Crippen LogP contribution in [0.15, 0.2) is 23.0 Å². The monoisotopic (exact) mass is 448 g/mol. The van der Waals surface area contributed by atoms with Crippen molar-refractivity contribution in [2.24, 2.45) is 10.3 Å². The molecule has 9 nitrogen and oxygen atoms in total. The van der Waals surface area contributed by atoms with Crippen LogP contribution in [0.25, 0.3) is 0 Å². The lowest BCUT2D eigenvalue weighted by Gasteiger charge is -2.44. The Hall–Kier alpha value is -1.91. The second-order valence-electron chi connectivity index (χ2n) is 9.11. The molecule has 31 heavy (non-hydrogen) atoms. The Morgan fingerprint density at radius 1 is 1.19 bits per heavy atom. The predicted molar refractivity (Wildman–Crippen MR) is 112 cm³/mol. The Morgan fingerprint density at radius 2 is 2.03 bits per heavy atom. The quantitative estimate of drug-likeness (QED) is 0.744. The molecule has 1 aromatic heterocycles. The first-order valence-corrected chi connectivity index (χ1v) is 12.9. The number of fused-ring (bicyclic) bond motifs is 2.